The van der Waals surface area contributed by atoms with Gasteiger partial charge >= 0.3 is 12.1 Å². The number of ether oxygens (including phenoxy) is 2. The number of anilines is 2. The molecule has 1 aliphatic rings. The zero-order valence-electron chi connectivity index (χ0n) is 16.4. The molecule has 5 nitrogen and oxygen atoms in total. The Kier molecular flexibility index (Phi) is 6.04. The maximum Gasteiger partial charge on any atom is 0.411 e. The molecule has 0 radical (unpaired) electrons. The lowest BCUT2D eigenvalue weighted by atomic mass is 10.1. The zero-order chi connectivity index (χ0) is 21.9. The lowest BCUT2D eigenvalue weighted by Crippen LogP contribution is -2.20. The summed E-state index contributed by atoms with van der Waals surface area (Å²) < 4.78 is 47.4. The Morgan fingerprint density at radius 1 is 1.17 bits per heavy atom. The van der Waals surface area contributed by atoms with Gasteiger partial charge in [-0.3, -0.25) is 4.79 Å². The third kappa shape index (κ3) is 5.10. The summed E-state index contributed by atoms with van der Waals surface area (Å²) >= 11 is 0. The van der Waals surface area contributed by atoms with E-state index in [1.165, 1.54) is 0 Å². The number of carbonyl (C=O) groups excluding carboxylic acids is 1. The van der Waals surface area contributed by atoms with Crippen molar-refractivity contribution in [3.05, 3.63) is 60.2 Å². The molecule has 1 fully saturated rings. The Bertz CT molecular complexity index is 939. The van der Waals surface area contributed by atoms with Crippen LogP contribution in [-0.2, 0) is 14.3 Å². The van der Waals surface area contributed by atoms with E-state index >= 15 is 0 Å². The molecule has 8 heteroatoms. The molecule has 2 aromatic carbocycles. The molecule has 1 aliphatic carbocycles. The number of alkyl halides is 3. The minimum atomic E-state index is -4.48. The summed E-state index contributed by atoms with van der Waals surface area (Å²) in [6, 6.07) is 18.2. The van der Waals surface area contributed by atoms with Gasteiger partial charge in [-0.2, -0.15) is 18.4 Å². The van der Waals surface area contributed by atoms with Gasteiger partial charge in [0.25, 0.3) is 0 Å². The Morgan fingerprint density at radius 3 is 2.47 bits per heavy atom. The summed E-state index contributed by atoms with van der Waals surface area (Å²) in [5.74, 6) is -1.61. The number of nitrogens with zero attached hydrogens (tertiary/aromatic N) is 1. The fraction of sp³-hybridized carbons (Fsp3) is 0.364. The number of halogens is 3. The van der Waals surface area contributed by atoms with E-state index in [0.717, 1.165) is 5.69 Å². The number of nitrogens with one attached hydrogen (secondary N) is 1. The van der Waals surface area contributed by atoms with Crippen LogP contribution in [0.5, 0.6) is 0 Å². The molecular formula is C22H21F3N2O3. The quantitative estimate of drug-likeness (QED) is 0.631. The van der Waals surface area contributed by atoms with Crippen LogP contribution in [-0.4, -0.2) is 24.9 Å². The second kappa shape index (κ2) is 8.36. The minimum Gasteiger partial charge on any atom is -0.442 e. The van der Waals surface area contributed by atoms with Gasteiger partial charge in [0.15, 0.2) is 0 Å². The van der Waals surface area contributed by atoms with E-state index in [4.69, 9.17) is 9.47 Å². The fourth-order valence-electron chi connectivity index (χ4n) is 3.34. The fourth-order valence-corrected chi connectivity index (χ4v) is 3.34. The van der Waals surface area contributed by atoms with Crippen molar-refractivity contribution in [3.63, 3.8) is 0 Å². The maximum absolute atomic E-state index is 12.5. The second-order valence-corrected chi connectivity index (χ2v) is 7.71. The number of benzene rings is 2. The molecular weight excluding hydrogens is 397 g/mol. The van der Waals surface area contributed by atoms with Crippen molar-refractivity contribution in [2.45, 2.75) is 32.2 Å². The molecule has 1 saturated carbocycles. The van der Waals surface area contributed by atoms with Gasteiger partial charge in [0, 0.05) is 22.4 Å². The average molecular weight is 418 g/mol. The van der Waals surface area contributed by atoms with E-state index in [1.807, 2.05) is 36.4 Å². The van der Waals surface area contributed by atoms with Gasteiger partial charge in [-0.05, 0) is 24.3 Å². The standard InChI is InChI=1S/C22H21F3N2O3/c1-21(2)18(19(21)29-13-22(23,24)25)20(28)30-17(12-26)14-7-6-10-16(11-14)27-15-8-4-3-5-9-15/h3-11,17-19,27H,13H2,1-2H3. The van der Waals surface area contributed by atoms with Gasteiger partial charge in [-0.25, -0.2) is 0 Å². The van der Waals surface area contributed by atoms with E-state index in [0.29, 0.717) is 11.3 Å². The summed E-state index contributed by atoms with van der Waals surface area (Å²) in [7, 11) is 0. The number of nitriles is 1. The molecule has 0 aliphatic heterocycles. The summed E-state index contributed by atoms with van der Waals surface area (Å²) in [4.78, 5) is 12.5. The highest BCUT2D eigenvalue weighted by molar-refractivity contribution is 5.79. The summed E-state index contributed by atoms with van der Waals surface area (Å²) in [6.07, 6.45) is -6.57. The van der Waals surface area contributed by atoms with Gasteiger partial charge in [-0.15, -0.1) is 0 Å². The second-order valence-electron chi connectivity index (χ2n) is 7.71. The highest BCUT2D eigenvalue weighted by Crippen LogP contribution is 2.55. The number of hydrogen-bond acceptors (Lipinski definition) is 5. The van der Waals surface area contributed by atoms with Crippen LogP contribution in [0.3, 0.4) is 0 Å². The van der Waals surface area contributed by atoms with Crippen LogP contribution in [0.4, 0.5) is 24.5 Å². The number of hydrogen-bond donors (Lipinski definition) is 1. The minimum absolute atomic E-state index is 0.456. The van der Waals surface area contributed by atoms with Crippen molar-refractivity contribution in [1.29, 1.82) is 5.26 Å². The van der Waals surface area contributed by atoms with E-state index < -0.39 is 42.3 Å². The van der Waals surface area contributed by atoms with Gasteiger partial charge in [0.1, 0.15) is 12.7 Å². The topological polar surface area (TPSA) is 71.3 Å². The van der Waals surface area contributed by atoms with Gasteiger partial charge in [0.2, 0.25) is 6.10 Å². The van der Waals surface area contributed by atoms with E-state index in [-0.39, 0.29) is 0 Å². The smallest absolute Gasteiger partial charge is 0.411 e. The van der Waals surface area contributed by atoms with E-state index in [2.05, 4.69) is 5.32 Å². The molecule has 3 unspecified atom stereocenters. The monoisotopic (exact) mass is 418 g/mol. The first-order valence-electron chi connectivity index (χ1n) is 9.32. The Morgan fingerprint density at radius 2 is 1.83 bits per heavy atom. The lowest BCUT2D eigenvalue weighted by molar-refractivity contribution is -0.181. The molecule has 2 aromatic rings. The van der Waals surface area contributed by atoms with E-state index in [1.54, 1.807) is 38.1 Å². The van der Waals surface area contributed by atoms with Crippen LogP contribution in [0, 0.1) is 22.7 Å². The predicted molar refractivity (Wildman–Crippen MR) is 104 cm³/mol. The third-order valence-corrected chi connectivity index (χ3v) is 5.01. The van der Waals surface area contributed by atoms with E-state index in [9.17, 15) is 23.2 Å². The largest absolute Gasteiger partial charge is 0.442 e. The van der Waals surface area contributed by atoms with Crippen LogP contribution >= 0.6 is 0 Å². The SMILES string of the molecule is CC1(C)C(OCC(F)(F)F)C1C(=O)OC(C#N)c1cccc(Nc2ccccc2)c1. The van der Waals surface area contributed by atoms with Crippen LogP contribution in [0.25, 0.3) is 0 Å². The molecule has 158 valence electrons. The summed E-state index contributed by atoms with van der Waals surface area (Å²) in [6.45, 7) is 1.83. The number of carbonyl (C=O) groups is 1. The van der Waals surface area contributed by atoms with Crippen molar-refractivity contribution in [1.82, 2.24) is 0 Å². The molecule has 1 N–H and O–H groups in total. The highest BCUT2D eigenvalue weighted by Gasteiger charge is 2.65. The molecule has 3 atom stereocenters. The number of para-hydroxylation sites is 1. The van der Waals surface area contributed by atoms with Crippen LogP contribution < -0.4 is 5.32 Å². The summed E-state index contributed by atoms with van der Waals surface area (Å²) in [5.41, 5.74) is 1.22. The lowest BCUT2D eigenvalue weighted by Gasteiger charge is -2.14. The van der Waals surface area contributed by atoms with Gasteiger partial charge < -0.3 is 14.8 Å². The first kappa shape index (κ1) is 21.7. The number of esters is 1. The molecule has 0 spiro atoms. The molecule has 0 saturated heterocycles. The van der Waals surface area contributed by atoms with Crippen LogP contribution in [0.1, 0.15) is 25.5 Å². The van der Waals surface area contributed by atoms with Crippen LogP contribution in [0.15, 0.2) is 54.6 Å². The molecule has 3 rings (SSSR count). The normalized spacial score (nSPS) is 20.7. The predicted octanol–water partition coefficient (Wildman–Crippen LogP) is 5.14. The van der Waals surface area contributed by atoms with Gasteiger partial charge in [0.05, 0.1) is 12.0 Å². The molecule has 0 amide bonds. The third-order valence-electron chi connectivity index (χ3n) is 5.01. The van der Waals surface area contributed by atoms with Crippen molar-refractivity contribution in [3.8, 4) is 6.07 Å². The maximum atomic E-state index is 12.5. The molecule has 30 heavy (non-hydrogen) atoms. The van der Waals surface area contributed by atoms with Crippen molar-refractivity contribution in [2.24, 2.45) is 11.3 Å². The Hall–Kier alpha value is -3.05. The zero-order valence-corrected chi connectivity index (χ0v) is 16.4. The van der Waals surface area contributed by atoms with Crippen molar-refractivity contribution < 1.29 is 27.4 Å². The molecule has 0 bridgehead atoms. The molecule has 0 aromatic heterocycles. The number of rotatable bonds is 7. The van der Waals surface area contributed by atoms with Crippen LogP contribution in [0.2, 0.25) is 0 Å². The first-order chi connectivity index (χ1) is 14.1. The first-order valence-corrected chi connectivity index (χ1v) is 9.32. The molecule has 0 heterocycles. The Balaban J connectivity index is 1.66. The van der Waals surface area contributed by atoms with Crippen molar-refractivity contribution >= 4 is 17.3 Å². The van der Waals surface area contributed by atoms with Gasteiger partial charge in [-0.1, -0.05) is 44.2 Å². The van der Waals surface area contributed by atoms with Crippen molar-refractivity contribution in [2.75, 3.05) is 11.9 Å². The summed E-state index contributed by atoms with van der Waals surface area (Å²) in [5, 5.41) is 12.7. The average Bonchev–Trinajstić information content (AvgIpc) is 3.25. The highest BCUT2D eigenvalue weighted by atomic mass is 19.4. The Labute approximate surface area is 172 Å².